The van der Waals surface area contributed by atoms with Gasteiger partial charge in [0.15, 0.2) is 5.75 Å². The number of aliphatic hydroxyl groups is 1. The van der Waals surface area contributed by atoms with E-state index in [-0.39, 0.29) is 0 Å². The highest BCUT2D eigenvalue weighted by molar-refractivity contribution is 6.37. The monoisotopic (exact) mass is 504 g/mol. The zero-order chi connectivity index (χ0) is 24.3. The van der Waals surface area contributed by atoms with E-state index in [4.69, 9.17) is 27.9 Å². The Kier molecular flexibility index (Phi) is 6.76. The maximum atomic E-state index is 10.7. The molecule has 0 bridgehead atoms. The second kappa shape index (κ2) is 10.1. The highest BCUT2D eigenvalue weighted by atomic mass is 35.5. The Morgan fingerprint density at radius 2 is 1.83 bits per heavy atom. The number of aromatic nitrogens is 2. The fourth-order valence-corrected chi connectivity index (χ4v) is 4.46. The van der Waals surface area contributed by atoms with Crippen molar-refractivity contribution < 1.29 is 9.84 Å². The number of anilines is 2. The third-order valence-corrected chi connectivity index (χ3v) is 6.22. The van der Waals surface area contributed by atoms with E-state index in [0.29, 0.717) is 46.0 Å². The van der Waals surface area contributed by atoms with Crippen molar-refractivity contribution in [3.8, 4) is 23.3 Å². The molecule has 6 nitrogen and oxygen atoms in total. The number of nitrogens with one attached hydrogen (secondary N) is 2. The summed E-state index contributed by atoms with van der Waals surface area (Å²) >= 11 is 13.0. The van der Waals surface area contributed by atoms with Gasteiger partial charge in [-0.3, -0.25) is 0 Å². The van der Waals surface area contributed by atoms with Gasteiger partial charge in [0.25, 0.3) is 0 Å². The van der Waals surface area contributed by atoms with E-state index in [1.54, 1.807) is 12.1 Å². The van der Waals surface area contributed by atoms with Gasteiger partial charge in [0.05, 0.1) is 15.6 Å². The third kappa shape index (κ3) is 5.50. The molecule has 1 aromatic heterocycles. The summed E-state index contributed by atoms with van der Waals surface area (Å²) in [5, 5.41) is 18.6. The van der Waals surface area contributed by atoms with E-state index in [1.165, 1.54) is 6.33 Å². The number of fused-ring (bicyclic) bond motifs is 1. The average Bonchev–Trinajstić information content (AvgIpc) is 2.86. The van der Waals surface area contributed by atoms with Gasteiger partial charge in [-0.05, 0) is 61.9 Å². The lowest BCUT2D eigenvalue weighted by atomic mass is 9.94. The summed E-state index contributed by atoms with van der Waals surface area (Å²) in [6.07, 6.45) is 3.04. The lowest BCUT2D eigenvalue weighted by Crippen LogP contribution is -2.44. The van der Waals surface area contributed by atoms with Crippen molar-refractivity contribution in [2.24, 2.45) is 0 Å². The van der Waals surface area contributed by atoms with Crippen molar-refractivity contribution in [1.29, 1.82) is 0 Å². The number of hydrogen-bond acceptors (Lipinski definition) is 6. The normalized spacial score (nSPS) is 17.5. The fraction of sp³-hybridized carbons (Fsp3) is 0.185. The van der Waals surface area contributed by atoms with Crippen LogP contribution in [0.2, 0.25) is 10.0 Å². The molecule has 0 saturated carbocycles. The molecule has 0 spiro atoms. The van der Waals surface area contributed by atoms with Crippen LogP contribution in [0.1, 0.15) is 18.4 Å². The number of nitrogens with zero attached hydrogens (tertiary/aromatic N) is 2. The molecule has 1 fully saturated rings. The molecule has 1 aliphatic heterocycles. The van der Waals surface area contributed by atoms with Crippen molar-refractivity contribution in [2.75, 3.05) is 18.4 Å². The Bertz CT molecular complexity index is 1400. The summed E-state index contributed by atoms with van der Waals surface area (Å²) in [4.78, 5) is 8.76. The number of hydrogen-bond donors (Lipinski definition) is 3. The zero-order valence-electron chi connectivity index (χ0n) is 18.7. The predicted molar refractivity (Wildman–Crippen MR) is 140 cm³/mol. The molecule has 0 amide bonds. The molecule has 4 aromatic rings. The molecule has 0 aliphatic carbocycles. The minimum absolute atomic E-state index is 0.364. The number of rotatable bonds is 4. The molecular weight excluding hydrogens is 483 g/mol. The Morgan fingerprint density at radius 3 is 2.57 bits per heavy atom. The lowest BCUT2D eigenvalue weighted by molar-refractivity contribution is 0.0736. The molecule has 1 saturated heterocycles. The van der Waals surface area contributed by atoms with Crippen LogP contribution in [-0.2, 0) is 0 Å². The summed E-state index contributed by atoms with van der Waals surface area (Å²) in [6.45, 7) is 1.37. The fourth-order valence-electron chi connectivity index (χ4n) is 3.89. The van der Waals surface area contributed by atoms with Gasteiger partial charge in [-0.15, -0.1) is 0 Å². The van der Waals surface area contributed by atoms with Gasteiger partial charge in [-0.2, -0.15) is 0 Å². The Balaban J connectivity index is 1.43. The van der Waals surface area contributed by atoms with Crippen LogP contribution in [0, 0.1) is 11.8 Å². The SMILES string of the molecule is OC1(C#Cc2ccc3ncnc(Nc4cc(Cl)c(Oc5ccccc5)c(Cl)c4)c3c2)CCCNC1. The molecular formula is C27H22Cl2N4O2. The van der Waals surface area contributed by atoms with Gasteiger partial charge in [0.2, 0.25) is 0 Å². The number of benzene rings is 3. The second-order valence-corrected chi connectivity index (χ2v) is 9.14. The summed E-state index contributed by atoms with van der Waals surface area (Å²) in [7, 11) is 0. The van der Waals surface area contributed by atoms with Crippen LogP contribution in [-0.4, -0.2) is 33.8 Å². The third-order valence-electron chi connectivity index (χ3n) is 5.66. The quantitative estimate of drug-likeness (QED) is 0.298. The Labute approximate surface area is 213 Å². The summed E-state index contributed by atoms with van der Waals surface area (Å²) in [5.74, 6) is 7.73. The van der Waals surface area contributed by atoms with E-state index in [0.717, 1.165) is 29.4 Å². The minimum Gasteiger partial charge on any atom is -0.454 e. The van der Waals surface area contributed by atoms with Crippen LogP contribution in [0.3, 0.4) is 0 Å². The van der Waals surface area contributed by atoms with E-state index < -0.39 is 5.60 Å². The summed E-state index contributed by atoms with van der Waals surface area (Å²) in [6, 6.07) is 18.4. The molecule has 1 atom stereocenters. The summed E-state index contributed by atoms with van der Waals surface area (Å²) < 4.78 is 5.86. The second-order valence-electron chi connectivity index (χ2n) is 8.33. The molecule has 2 heterocycles. The topological polar surface area (TPSA) is 79.3 Å². The van der Waals surface area contributed by atoms with Crippen molar-refractivity contribution in [1.82, 2.24) is 15.3 Å². The summed E-state index contributed by atoms with van der Waals surface area (Å²) in [5.41, 5.74) is 1.15. The van der Waals surface area contributed by atoms with Crippen molar-refractivity contribution >= 4 is 45.6 Å². The van der Waals surface area contributed by atoms with Crippen LogP contribution in [0.4, 0.5) is 11.5 Å². The van der Waals surface area contributed by atoms with Crippen LogP contribution >= 0.6 is 23.2 Å². The van der Waals surface area contributed by atoms with E-state index in [2.05, 4.69) is 32.4 Å². The first-order valence-corrected chi connectivity index (χ1v) is 11.9. The van der Waals surface area contributed by atoms with Crippen LogP contribution in [0.5, 0.6) is 11.5 Å². The molecule has 3 aromatic carbocycles. The minimum atomic E-state index is -1.02. The van der Waals surface area contributed by atoms with Crippen molar-refractivity contribution in [3.63, 3.8) is 0 Å². The standard InChI is InChI=1S/C27H22Cl2N4O2/c28-22-14-19(15-23(29)25(22)35-20-5-2-1-3-6-20)33-26-21-13-18(7-8-24(21)31-17-32-26)9-11-27(34)10-4-12-30-16-27/h1-3,5-8,13-15,17,30,34H,4,10,12,16H2,(H,31,32,33). The molecule has 0 radical (unpaired) electrons. The van der Waals surface area contributed by atoms with E-state index in [1.807, 2.05) is 48.5 Å². The Morgan fingerprint density at radius 1 is 1.03 bits per heavy atom. The zero-order valence-corrected chi connectivity index (χ0v) is 20.2. The first-order chi connectivity index (χ1) is 17.0. The van der Waals surface area contributed by atoms with Crippen molar-refractivity contribution in [3.05, 3.63) is 82.6 Å². The van der Waals surface area contributed by atoms with Crippen LogP contribution in [0.25, 0.3) is 10.9 Å². The van der Waals surface area contributed by atoms with Gasteiger partial charge in [0.1, 0.15) is 23.5 Å². The van der Waals surface area contributed by atoms with Gasteiger partial charge >= 0.3 is 0 Å². The molecule has 1 unspecified atom stereocenters. The largest absolute Gasteiger partial charge is 0.454 e. The number of piperidine rings is 1. The van der Waals surface area contributed by atoms with Gasteiger partial charge in [-0.25, -0.2) is 9.97 Å². The molecule has 5 rings (SSSR count). The van der Waals surface area contributed by atoms with Crippen molar-refractivity contribution in [2.45, 2.75) is 18.4 Å². The highest BCUT2D eigenvalue weighted by Crippen LogP contribution is 2.39. The van der Waals surface area contributed by atoms with Gasteiger partial charge in [0, 0.05) is 23.2 Å². The smallest absolute Gasteiger partial charge is 0.164 e. The van der Waals surface area contributed by atoms with Crippen LogP contribution < -0.4 is 15.4 Å². The average molecular weight is 505 g/mol. The first-order valence-electron chi connectivity index (χ1n) is 11.2. The maximum Gasteiger partial charge on any atom is 0.164 e. The van der Waals surface area contributed by atoms with Crippen LogP contribution in [0.15, 0.2) is 67.0 Å². The number of halogens is 2. The van der Waals surface area contributed by atoms with Gasteiger partial charge < -0.3 is 20.5 Å². The highest BCUT2D eigenvalue weighted by Gasteiger charge is 2.26. The van der Waals surface area contributed by atoms with Gasteiger partial charge in [-0.1, -0.05) is 53.2 Å². The first kappa shape index (κ1) is 23.4. The number of β-amino-alcohol motifs (C(OH)–C–C–N with tert-alkyl or cyclic N) is 1. The lowest BCUT2D eigenvalue weighted by Gasteiger charge is -2.27. The number of para-hydroxylation sites is 1. The molecule has 3 N–H and O–H groups in total. The maximum absolute atomic E-state index is 10.7. The molecule has 8 heteroatoms. The van der Waals surface area contributed by atoms with E-state index >= 15 is 0 Å². The molecule has 35 heavy (non-hydrogen) atoms. The predicted octanol–water partition coefficient (Wildman–Crippen LogP) is 5.94. The van der Waals surface area contributed by atoms with E-state index in [9.17, 15) is 5.11 Å². The molecule has 1 aliphatic rings. The number of ether oxygens (including phenoxy) is 1. The Hall–Kier alpha value is -3.34. The molecule has 176 valence electrons.